The second kappa shape index (κ2) is 5.90. The smallest absolute Gasteiger partial charge is 0.354 e. The number of hydrogen-bond acceptors (Lipinski definition) is 2. The maximum Gasteiger partial charge on any atom is 0.354 e. The van der Waals surface area contributed by atoms with E-state index < -0.39 is 5.97 Å². The summed E-state index contributed by atoms with van der Waals surface area (Å²) < 4.78 is 1.59. The van der Waals surface area contributed by atoms with Gasteiger partial charge in [-0.2, -0.15) is 5.10 Å². The standard InChI is InChI=1S/C16H20N2O2/c1-4-5-14-9-15(16(19)20)18(17-14)10-13-8-11(2)6-7-12(13)3/h6-9H,4-5,10H2,1-3H3,(H,19,20). The van der Waals surface area contributed by atoms with E-state index in [0.29, 0.717) is 6.54 Å². The second-order valence-electron chi connectivity index (χ2n) is 5.16. The fourth-order valence-electron chi connectivity index (χ4n) is 2.27. The topological polar surface area (TPSA) is 55.1 Å². The SMILES string of the molecule is CCCc1cc(C(=O)O)n(Cc2cc(C)ccc2C)n1. The van der Waals surface area contributed by atoms with Crippen LogP contribution in [-0.2, 0) is 13.0 Å². The first-order chi connectivity index (χ1) is 9.51. The quantitative estimate of drug-likeness (QED) is 0.909. The average molecular weight is 272 g/mol. The van der Waals surface area contributed by atoms with Gasteiger partial charge < -0.3 is 5.11 Å². The highest BCUT2D eigenvalue weighted by Gasteiger charge is 2.14. The molecule has 4 heteroatoms. The van der Waals surface area contributed by atoms with Crippen molar-refractivity contribution in [3.8, 4) is 0 Å². The fraction of sp³-hybridized carbons (Fsp3) is 0.375. The van der Waals surface area contributed by atoms with Crippen LogP contribution in [0.2, 0.25) is 0 Å². The molecular weight excluding hydrogens is 252 g/mol. The van der Waals surface area contributed by atoms with Gasteiger partial charge in [-0.1, -0.05) is 37.1 Å². The fourth-order valence-corrected chi connectivity index (χ4v) is 2.27. The molecule has 1 N–H and O–H groups in total. The highest BCUT2D eigenvalue weighted by atomic mass is 16.4. The minimum Gasteiger partial charge on any atom is -0.477 e. The molecule has 2 rings (SSSR count). The first-order valence-electron chi connectivity index (χ1n) is 6.87. The molecular formula is C16H20N2O2. The molecule has 0 aliphatic heterocycles. The second-order valence-corrected chi connectivity index (χ2v) is 5.16. The Hall–Kier alpha value is -2.10. The molecule has 0 bridgehead atoms. The van der Waals surface area contributed by atoms with Gasteiger partial charge in [-0.05, 0) is 37.5 Å². The third kappa shape index (κ3) is 3.07. The number of rotatable bonds is 5. The molecule has 2 aromatic rings. The zero-order chi connectivity index (χ0) is 14.7. The van der Waals surface area contributed by atoms with Crippen LogP contribution in [0.5, 0.6) is 0 Å². The Morgan fingerprint density at radius 3 is 2.70 bits per heavy atom. The lowest BCUT2D eigenvalue weighted by Crippen LogP contribution is -2.11. The number of carboxylic acid groups (broad SMARTS) is 1. The third-order valence-electron chi connectivity index (χ3n) is 3.38. The number of aromatic nitrogens is 2. The van der Waals surface area contributed by atoms with Crippen LogP contribution in [0.15, 0.2) is 24.3 Å². The van der Waals surface area contributed by atoms with Crippen molar-refractivity contribution < 1.29 is 9.90 Å². The van der Waals surface area contributed by atoms with Crippen LogP contribution in [0.3, 0.4) is 0 Å². The van der Waals surface area contributed by atoms with E-state index in [2.05, 4.69) is 30.2 Å². The van der Waals surface area contributed by atoms with Crippen molar-refractivity contribution >= 4 is 5.97 Å². The van der Waals surface area contributed by atoms with Gasteiger partial charge in [-0.15, -0.1) is 0 Å². The van der Waals surface area contributed by atoms with Crippen molar-refractivity contribution in [2.24, 2.45) is 0 Å². The van der Waals surface area contributed by atoms with Crippen LogP contribution in [0.4, 0.5) is 0 Å². The molecule has 0 aliphatic rings. The highest BCUT2D eigenvalue weighted by molar-refractivity contribution is 5.85. The van der Waals surface area contributed by atoms with Gasteiger partial charge in [0, 0.05) is 0 Å². The molecule has 4 nitrogen and oxygen atoms in total. The molecule has 0 radical (unpaired) electrons. The lowest BCUT2D eigenvalue weighted by atomic mass is 10.1. The number of aryl methyl sites for hydroxylation is 3. The lowest BCUT2D eigenvalue weighted by Gasteiger charge is -2.09. The van der Waals surface area contributed by atoms with Crippen LogP contribution < -0.4 is 0 Å². The first-order valence-corrected chi connectivity index (χ1v) is 6.87. The summed E-state index contributed by atoms with van der Waals surface area (Å²) in [6.07, 6.45) is 1.76. The van der Waals surface area contributed by atoms with E-state index in [1.54, 1.807) is 10.7 Å². The van der Waals surface area contributed by atoms with Crippen LogP contribution >= 0.6 is 0 Å². The summed E-state index contributed by atoms with van der Waals surface area (Å²) in [4.78, 5) is 11.3. The predicted molar refractivity (Wildman–Crippen MR) is 78.2 cm³/mol. The molecule has 0 saturated carbocycles. The minimum atomic E-state index is -0.926. The minimum absolute atomic E-state index is 0.259. The molecule has 0 aliphatic carbocycles. The van der Waals surface area contributed by atoms with Crippen LogP contribution in [-0.4, -0.2) is 20.9 Å². The molecule has 106 valence electrons. The van der Waals surface area contributed by atoms with E-state index >= 15 is 0 Å². The van der Waals surface area contributed by atoms with E-state index in [1.165, 1.54) is 5.56 Å². The van der Waals surface area contributed by atoms with Crippen molar-refractivity contribution in [1.29, 1.82) is 0 Å². The number of aromatic carboxylic acids is 1. The monoisotopic (exact) mass is 272 g/mol. The summed E-state index contributed by atoms with van der Waals surface area (Å²) in [5, 5.41) is 13.7. The van der Waals surface area contributed by atoms with Gasteiger partial charge >= 0.3 is 5.97 Å². The largest absolute Gasteiger partial charge is 0.477 e. The van der Waals surface area contributed by atoms with E-state index in [-0.39, 0.29) is 5.69 Å². The Morgan fingerprint density at radius 1 is 1.30 bits per heavy atom. The number of nitrogens with zero attached hydrogens (tertiary/aromatic N) is 2. The Bertz CT molecular complexity index is 629. The zero-order valence-corrected chi connectivity index (χ0v) is 12.2. The Balaban J connectivity index is 2.36. The molecule has 0 fully saturated rings. The van der Waals surface area contributed by atoms with Gasteiger partial charge in [-0.25, -0.2) is 4.79 Å². The van der Waals surface area contributed by atoms with E-state index in [0.717, 1.165) is 29.7 Å². The van der Waals surface area contributed by atoms with Crippen LogP contribution in [0, 0.1) is 13.8 Å². The van der Waals surface area contributed by atoms with Crippen molar-refractivity contribution in [2.75, 3.05) is 0 Å². The molecule has 0 spiro atoms. The third-order valence-corrected chi connectivity index (χ3v) is 3.38. The molecule has 20 heavy (non-hydrogen) atoms. The summed E-state index contributed by atoms with van der Waals surface area (Å²) >= 11 is 0. The normalized spacial score (nSPS) is 10.8. The number of carbonyl (C=O) groups is 1. The van der Waals surface area contributed by atoms with Gasteiger partial charge in [0.1, 0.15) is 5.69 Å². The Morgan fingerprint density at radius 2 is 2.05 bits per heavy atom. The van der Waals surface area contributed by atoms with Gasteiger partial charge in [0.2, 0.25) is 0 Å². The average Bonchev–Trinajstić information content (AvgIpc) is 2.77. The Kier molecular flexibility index (Phi) is 4.23. The van der Waals surface area contributed by atoms with Crippen molar-refractivity contribution in [1.82, 2.24) is 9.78 Å². The molecule has 0 atom stereocenters. The molecule has 1 aromatic carbocycles. The number of hydrogen-bond donors (Lipinski definition) is 1. The van der Waals surface area contributed by atoms with E-state index in [9.17, 15) is 9.90 Å². The summed E-state index contributed by atoms with van der Waals surface area (Å²) in [7, 11) is 0. The highest BCUT2D eigenvalue weighted by Crippen LogP contribution is 2.15. The molecule has 1 heterocycles. The van der Waals surface area contributed by atoms with Crippen molar-refractivity contribution in [2.45, 2.75) is 40.2 Å². The first kappa shape index (κ1) is 14.3. The van der Waals surface area contributed by atoms with Crippen LogP contribution in [0.25, 0.3) is 0 Å². The van der Waals surface area contributed by atoms with Crippen molar-refractivity contribution in [3.05, 3.63) is 52.3 Å². The predicted octanol–water partition coefficient (Wildman–Crippen LogP) is 3.20. The summed E-state index contributed by atoms with van der Waals surface area (Å²) in [5.41, 5.74) is 4.53. The zero-order valence-electron chi connectivity index (χ0n) is 12.2. The molecule has 0 unspecified atom stereocenters. The lowest BCUT2D eigenvalue weighted by molar-refractivity contribution is 0.0684. The van der Waals surface area contributed by atoms with Crippen molar-refractivity contribution in [3.63, 3.8) is 0 Å². The summed E-state index contributed by atoms with van der Waals surface area (Å²) in [5.74, 6) is -0.926. The summed E-state index contributed by atoms with van der Waals surface area (Å²) in [6, 6.07) is 7.88. The Labute approximate surface area is 119 Å². The van der Waals surface area contributed by atoms with Gasteiger partial charge in [0.25, 0.3) is 0 Å². The molecule has 1 aromatic heterocycles. The van der Waals surface area contributed by atoms with E-state index in [1.807, 2.05) is 13.8 Å². The number of carboxylic acids is 1. The van der Waals surface area contributed by atoms with Gasteiger partial charge in [0.05, 0.1) is 12.2 Å². The van der Waals surface area contributed by atoms with Gasteiger partial charge in [0.15, 0.2) is 0 Å². The number of benzene rings is 1. The molecule has 0 amide bonds. The molecule has 0 saturated heterocycles. The van der Waals surface area contributed by atoms with Crippen LogP contribution in [0.1, 0.15) is 46.2 Å². The maximum atomic E-state index is 11.3. The summed E-state index contributed by atoms with van der Waals surface area (Å²) in [6.45, 7) is 6.63. The maximum absolute atomic E-state index is 11.3. The van der Waals surface area contributed by atoms with Gasteiger partial charge in [-0.3, -0.25) is 4.68 Å². The van der Waals surface area contributed by atoms with E-state index in [4.69, 9.17) is 0 Å².